The van der Waals surface area contributed by atoms with E-state index in [1.807, 2.05) is 6.07 Å². The monoisotopic (exact) mass is 539 g/mol. The first-order chi connectivity index (χ1) is 18.5. The van der Waals surface area contributed by atoms with Crippen LogP contribution >= 0.6 is 12.6 Å². The highest BCUT2D eigenvalue weighted by molar-refractivity contribution is 7.81. The van der Waals surface area contributed by atoms with Crippen LogP contribution in [0.3, 0.4) is 0 Å². The molecule has 3 aromatic rings. The van der Waals surface area contributed by atoms with E-state index in [0.29, 0.717) is 22.6 Å². The van der Waals surface area contributed by atoms with Crippen LogP contribution in [0.4, 0.5) is 4.79 Å². The molecule has 0 aliphatic carbocycles. The van der Waals surface area contributed by atoms with Gasteiger partial charge >= 0.3 is 12.1 Å². The van der Waals surface area contributed by atoms with Crippen LogP contribution in [0.15, 0.2) is 84.9 Å². The van der Waals surface area contributed by atoms with Gasteiger partial charge < -0.3 is 24.1 Å². The van der Waals surface area contributed by atoms with Crippen molar-refractivity contribution in [3.8, 4) is 11.5 Å². The Bertz CT molecular complexity index is 1160. The number of ether oxygens (including phenoxy) is 4. The zero-order chi connectivity index (χ0) is 27.2. The lowest BCUT2D eigenvalue weighted by molar-refractivity contribution is -0.141. The van der Waals surface area contributed by atoms with E-state index < -0.39 is 30.2 Å². The summed E-state index contributed by atoms with van der Waals surface area (Å²) in [5.41, 5.74) is 0.840. The molecule has 0 aromatic heterocycles. The molecular weight excluding hydrogens is 510 g/mol. The number of hydrogen-bond donors (Lipinski definition) is 3. The van der Waals surface area contributed by atoms with E-state index in [9.17, 15) is 14.4 Å². The number of benzene rings is 3. The van der Waals surface area contributed by atoms with E-state index in [4.69, 9.17) is 24.1 Å². The normalized spacial score (nSPS) is 12.1. The van der Waals surface area contributed by atoms with Crippen molar-refractivity contribution in [2.45, 2.75) is 18.6 Å². The van der Waals surface area contributed by atoms with E-state index in [1.54, 1.807) is 78.9 Å². The Kier molecular flexibility index (Phi) is 11.5. The standard InChI is InChI=1S/C28H29NO8S/c30-16-18-34-22-13-11-20(12-14-22)26(37-28(33)29-27(32)21-7-3-1-4-8-21)24(15-17-35-25(31)19-38)36-23-9-5-2-6-10-23/h1-14,24,26,30,38H,15-19H2,(H,29,32,33)/t24-,26-/m1/s1. The quantitative estimate of drug-likeness (QED) is 0.220. The Morgan fingerprint density at radius 2 is 1.50 bits per heavy atom. The number of nitrogens with one attached hydrogen (secondary N) is 1. The summed E-state index contributed by atoms with van der Waals surface area (Å²) in [4.78, 5) is 37.0. The average Bonchev–Trinajstić information content (AvgIpc) is 2.95. The summed E-state index contributed by atoms with van der Waals surface area (Å²) in [7, 11) is 0. The summed E-state index contributed by atoms with van der Waals surface area (Å²) in [5, 5.41) is 11.2. The van der Waals surface area contributed by atoms with Crippen molar-refractivity contribution in [1.29, 1.82) is 0 Å². The number of rotatable bonds is 13. The fourth-order valence-electron chi connectivity index (χ4n) is 3.46. The maximum Gasteiger partial charge on any atom is 0.414 e. The summed E-state index contributed by atoms with van der Waals surface area (Å²) < 4.78 is 22.5. The minimum atomic E-state index is -1.000. The molecule has 2 amide bonds. The summed E-state index contributed by atoms with van der Waals surface area (Å²) in [6.45, 7) is -0.0281. The molecule has 2 atom stereocenters. The number of alkyl carbamates (subject to hydrolysis) is 1. The lowest BCUT2D eigenvalue weighted by Gasteiger charge is -2.28. The Labute approximate surface area is 226 Å². The third-order valence-electron chi connectivity index (χ3n) is 5.22. The molecule has 0 saturated carbocycles. The van der Waals surface area contributed by atoms with Crippen LogP contribution in [0, 0.1) is 0 Å². The zero-order valence-corrected chi connectivity index (χ0v) is 21.4. The van der Waals surface area contributed by atoms with Crippen LogP contribution in [-0.2, 0) is 14.3 Å². The predicted octanol–water partition coefficient (Wildman–Crippen LogP) is 3.98. The van der Waals surface area contributed by atoms with Crippen LogP contribution in [0.2, 0.25) is 0 Å². The topological polar surface area (TPSA) is 120 Å². The van der Waals surface area contributed by atoms with Crippen LogP contribution < -0.4 is 14.8 Å². The highest BCUT2D eigenvalue weighted by Crippen LogP contribution is 2.29. The van der Waals surface area contributed by atoms with Crippen molar-refractivity contribution < 1.29 is 38.4 Å². The predicted molar refractivity (Wildman–Crippen MR) is 142 cm³/mol. The minimum Gasteiger partial charge on any atom is -0.491 e. The van der Waals surface area contributed by atoms with Crippen LogP contribution in [0.25, 0.3) is 0 Å². The first-order valence-corrected chi connectivity index (χ1v) is 12.5. The first kappa shape index (κ1) is 28.5. The van der Waals surface area contributed by atoms with Crippen LogP contribution in [0.5, 0.6) is 11.5 Å². The molecule has 38 heavy (non-hydrogen) atoms. The van der Waals surface area contributed by atoms with Gasteiger partial charge in [-0.05, 0) is 42.0 Å². The SMILES string of the molecule is O=C(CS)OCC[C@@H](Oc1ccccc1)[C@H](OC(=O)NC(=O)c1ccccc1)c1ccc(OCCO)cc1. The molecule has 0 radical (unpaired) electrons. The van der Waals surface area contributed by atoms with Crippen molar-refractivity contribution in [2.75, 3.05) is 25.6 Å². The van der Waals surface area contributed by atoms with E-state index >= 15 is 0 Å². The molecule has 3 aromatic carbocycles. The van der Waals surface area contributed by atoms with Gasteiger partial charge in [-0.25, -0.2) is 4.79 Å². The first-order valence-electron chi connectivity index (χ1n) is 11.9. The Morgan fingerprint density at radius 3 is 2.13 bits per heavy atom. The van der Waals surface area contributed by atoms with Gasteiger partial charge in [0.05, 0.1) is 19.0 Å². The van der Waals surface area contributed by atoms with E-state index in [0.717, 1.165) is 0 Å². The summed E-state index contributed by atoms with van der Waals surface area (Å²) >= 11 is 3.92. The zero-order valence-electron chi connectivity index (χ0n) is 20.5. The molecule has 0 aliphatic rings. The number of amides is 2. The second-order valence-electron chi connectivity index (χ2n) is 7.92. The molecule has 0 saturated heterocycles. The van der Waals surface area contributed by atoms with Gasteiger partial charge in [0.25, 0.3) is 5.91 Å². The molecule has 200 valence electrons. The lowest BCUT2D eigenvalue weighted by atomic mass is 10.0. The lowest BCUT2D eigenvalue weighted by Crippen LogP contribution is -2.37. The van der Waals surface area contributed by atoms with Crippen molar-refractivity contribution in [3.63, 3.8) is 0 Å². The van der Waals surface area contributed by atoms with Gasteiger partial charge in [0.15, 0.2) is 6.10 Å². The Hall–Kier alpha value is -4.02. The van der Waals surface area contributed by atoms with E-state index in [1.165, 1.54) is 0 Å². The molecule has 3 rings (SSSR count). The van der Waals surface area contributed by atoms with Gasteiger partial charge in [-0.3, -0.25) is 14.9 Å². The van der Waals surface area contributed by atoms with Crippen molar-refractivity contribution in [3.05, 3.63) is 96.1 Å². The second-order valence-corrected chi connectivity index (χ2v) is 8.24. The maximum atomic E-state index is 12.8. The number of thiol groups is 1. The molecular formula is C28H29NO8S. The molecule has 0 spiro atoms. The number of aliphatic hydroxyl groups is 1. The number of aliphatic hydroxyl groups excluding tert-OH is 1. The number of esters is 1. The van der Waals surface area contributed by atoms with Crippen LogP contribution in [0.1, 0.15) is 28.4 Å². The minimum absolute atomic E-state index is 0.0149. The fourth-order valence-corrected chi connectivity index (χ4v) is 3.55. The summed E-state index contributed by atoms with van der Waals surface area (Å²) in [5.74, 6) is -0.182. The molecule has 0 heterocycles. The van der Waals surface area contributed by atoms with Gasteiger partial charge in [-0.2, -0.15) is 12.6 Å². The van der Waals surface area contributed by atoms with Crippen molar-refractivity contribution >= 4 is 30.6 Å². The Balaban J connectivity index is 1.86. The Morgan fingerprint density at radius 1 is 0.842 bits per heavy atom. The average molecular weight is 540 g/mol. The summed E-state index contributed by atoms with van der Waals surface area (Å²) in [6, 6.07) is 23.9. The summed E-state index contributed by atoms with van der Waals surface area (Å²) in [6.07, 6.45) is -2.60. The molecule has 9 nitrogen and oxygen atoms in total. The van der Waals surface area contributed by atoms with Gasteiger partial charge in [-0.1, -0.05) is 48.5 Å². The number of carbonyl (C=O) groups excluding carboxylic acids is 3. The van der Waals surface area contributed by atoms with Crippen molar-refractivity contribution in [2.24, 2.45) is 0 Å². The largest absolute Gasteiger partial charge is 0.491 e. The number of hydrogen-bond acceptors (Lipinski definition) is 9. The van der Waals surface area contributed by atoms with Gasteiger partial charge in [0.2, 0.25) is 0 Å². The number of para-hydroxylation sites is 1. The van der Waals surface area contributed by atoms with Crippen molar-refractivity contribution in [1.82, 2.24) is 5.32 Å². The second kappa shape index (κ2) is 15.3. The molecule has 10 heteroatoms. The molecule has 0 unspecified atom stereocenters. The van der Waals surface area contributed by atoms with E-state index in [2.05, 4.69) is 17.9 Å². The third kappa shape index (κ3) is 9.13. The number of imide groups is 1. The van der Waals surface area contributed by atoms with E-state index in [-0.39, 0.29) is 32.0 Å². The fraction of sp³-hybridized carbons (Fsp3) is 0.250. The number of carbonyl (C=O) groups is 3. The smallest absolute Gasteiger partial charge is 0.414 e. The highest BCUT2D eigenvalue weighted by Gasteiger charge is 2.30. The molecule has 0 fully saturated rings. The molecule has 0 aliphatic heterocycles. The van der Waals surface area contributed by atoms with Gasteiger partial charge in [-0.15, -0.1) is 0 Å². The maximum absolute atomic E-state index is 12.8. The highest BCUT2D eigenvalue weighted by atomic mass is 32.1. The van der Waals surface area contributed by atoms with Gasteiger partial charge in [0.1, 0.15) is 24.2 Å². The van der Waals surface area contributed by atoms with Crippen LogP contribution in [-0.4, -0.2) is 54.8 Å². The third-order valence-corrected chi connectivity index (χ3v) is 5.48. The molecule has 2 N–H and O–H groups in total. The van der Waals surface area contributed by atoms with Gasteiger partial charge in [0, 0.05) is 12.0 Å². The molecule has 0 bridgehead atoms.